The third kappa shape index (κ3) is 4.05. The molecular weight excluding hydrogens is 548 g/mol. The Morgan fingerprint density at radius 3 is 1.60 bits per heavy atom. The molecule has 7 aromatic carbocycles. The van der Waals surface area contributed by atoms with E-state index >= 15 is 0 Å². The monoisotopic (exact) mass is 576 g/mol. The first-order valence-corrected chi connectivity index (χ1v) is 15.3. The topological polar surface area (TPSA) is 21.3 Å². The number of benzene rings is 7. The van der Waals surface area contributed by atoms with E-state index in [2.05, 4.69) is 173 Å². The average molecular weight is 577 g/mol. The van der Waals surface area contributed by atoms with Crippen LogP contribution in [0.25, 0.3) is 60.6 Å². The SMILES string of the molecule is c1ccc(N(c2ccccc2)c2ccc(-c3ccc(-n4c5ccccc5c5ccccc54)cc3)c3oc4ccccc4c23)cc1. The van der Waals surface area contributed by atoms with Crippen molar-refractivity contribution in [3.63, 3.8) is 0 Å². The summed E-state index contributed by atoms with van der Waals surface area (Å²) in [5.74, 6) is 0. The van der Waals surface area contributed by atoms with Gasteiger partial charge in [0.05, 0.1) is 22.1 Å². The van der Waals surface area contributed by atoms with Crippen LogP contribution in [-0.4, -0.2) is 4.57 Å². The number of furan rings is 1. The Morgan fingerprint density at radius 1 is 0.444 bits per heavy atom. The number of hydrogen-bond acceptors (Lipinski definition) is 2. The second kappa shape index (κ2) is 10.3. The predicted molar refractivity (Wildman–Crippen MR) is 188 cm³/mol. The molecule has 0 saturated carbocycles. The van der Waals surface area contributed by atoms with Crippen molar-refractivity contribution < 1.29 is 4.42 Å². The zero-order valence-electron chi connectivity index (χ0n) is 24.5. The summed E-state index contributed by atoms with van der Waals surface area (Å²) in [5.41, 5.74) is 10.8. The summed E-state index contributed by atoms with van der Waals surface area (Å²) >= 11 is 0. The Hall–Kier alpha value is -6.06. The van der Waals surface area contributed by atoms with Crippen LogP contribution >= 0.6 is 0 Å². The first-order valence-electron chi connectivity index (χ1n) is 15.3. The second-order valence-electron chi connectivity index (χ2n) is 11.4. The van der Waals surface area contributed by atoms with Crippen LogP contribution in [0.15, 0.2) is 174 Å². The molecular formula is C42H28N2O. The van der Waals surface area contributed by atoms with E-state index in [0.717, 1.165) is 55.8 Å². The van der Waals surface area contributed by atoms with E-state index in [4.69, 9.17) is 4.42 Å². The molecule has 0 radical (unpaired) electrons. The van der Waals surface area contributed by atoms with E-state index < -0.39 is 0 Å². The molecule has 0 bridgehead atoms. The fraction of sp³-hybridized carbons (Fsp3) is 0. The lowest BCUT2D eigenvalue weighted by Crippen LogP contribution is -2.10. The number of rotatable bonds is 5. The average Bonchev–Trinajstić information content (AvgIpc) is 3.66. The van der Waals surface area contributed by atoms with Gasteiger partial charge in [-0.05, 0) is 72.3 Å². The largest absolute Gasteiger partial charge is 0.455 e. The molecule has 0 N–H and O–H groups in total. The van der Waals surface area contributed by atoms with Gasteiger partial charge in [0.2, 0.25) is 0 Å². The maximum Gasteiger partial charge on any atom is 0.145 e. The van der Waals surface area contributed by atoms with E-state index in [1.807, 2.05) is 6.07 Å². The molecule has 212 valence electrons. The molecule has 2 aromatic heterocycles. The van der Waals surface area contributed by atoms with Gasteiger partial charge in [0.1, 0.15) is 11.2 Å². The van der Waals surface area contributed by atoms with Crippen molar-refractivity contribution in [2.45, 2.75) is 0 Å². The Kier molecular flexibility index (Phi) is 5.82. The minimum Gasteiger partial charge on any atom is -0.455 e. The van der Waals surface area contributed by atoms with Gasteiger partial charge < -0.3 is 13.9 Å². The summed E-state index contributed by atoms with van der Waals surface area (Å²) < 4.78 is 9.04. The summed E-state index contributed by atoms with van der Waals surface area (Å²) in [6.07, 6.45) is 0. The van der Waals surface area contributed by atoms with E-state index in [0.29, 0.717) is 0 Å². The Morgan fingerprint density at radius 2 is 0.978 bits per heavy atom. The van der Waals surface area contributed by atoms with E-state index in [-0.39, 0.29) is 0 Å². The number of para-hydroxylation sites is 5. The lowest BCUT2D eigenvalue weighted by molar-refractivity contribution is 0.670. The molecule has 2 heterocycles. The van der Waals surface area contributed by atoms with Crippen LogP contribution in [0.3, 0.4) is 0 Å². The quantitative estimate of drug-likeness (QED) is 0.203. The number of aromatic nitrogens is 1. The van der Waals surface area contributed by atoms with Gasteiger partial charge in [-0.1, -0.05) is 103 Å². The Labute approximate surface area is 260 Å². The maximum atomic E-state index is 6.69. The number of fused-ring (bicyclic) bond motifs is 6. The van der Waals surface area contributed by atoms with Gasteiger partial charge in [0.15, 0.2) is 0 Å². The molecule has 0 fully saturated rings. The third-order valence-electron chi connectivity index (χ3n) is 8.79. The van der Waals surface area contributed by atoms with Crippen LogP contribution in [0, 0.1) is 0 Å². The van der Waals surface area contributed by atoms with E-state index in [1.54, 1.807) is 0 Å². The molecule has 0 aliphatic rings. The van der Waals surface area contributed by atoms with Gasteiger partial charge in [-0.2, -0.15) is 0 Å². The summed E-state index contributed by atoms with van der Waals surface area (Å²) in [5, 5.41) is 4.72. The Balaban J connectivity index is 1.24. The van der Waals surface area contributed by atoms with Gasteiger partial charge in [0, 0.05) is 38.8 Å². The lowest BCUT2D eigenvalue weighted by atomic mass is 9.99. The standard InChI is InChI=1S/C42H28N2O/c1-3-13-30(14-4-1)43(31-15-5-2-6-16-31)39-28-27-33(42-41(39)36-19-9-12-22-40(36)45-42)29-23-25-32(26-24-29)44-37-20-10-7-17-34(37)35-18-8-11-21-38(35)44/h1-28H. The highest BCUT2D eigenvalue weighted by Crippen LogP contribution is 2.46. The maximum absolute atomic E-state index is 6.69. The van der Waals surface area contributed by atoms with E-state index in [1.165, 1.54) is 21.8 Å². The Bertz CT molecular complexity index is 2380. The van der Waals surface area contributed by atoms with Crippen LogP contribution in [-0.2, 0) is 0 Å². The minimum absolute atomic E-state index is 0.879. The molecule has 0 amide bonds. The van der Waals surface area contributed by atoms with Gasteiger partial charge in [-0.15, -0.1) is 0 Å². The van der Waals surface area contributed by atoms with E-state index in [9.17, 15) is 0 Å². The van der Waals surface area contributed by atoms with Crippen molar-refractivity contribution in [1.82, 2.24) is 4.57 Å². The third-order valence-corrected chi connectivity index (χ3v) is 8.79. The van der Waals surface area contributed by atoms with Crippen molar-refractivity contribution in [3.05, 3.63) is 170 Å². The molecule has 0 spiro atoms. The molecule has 3 nitrogen and oxygen atoms in total. The van der Waals surface area contributed by atoms with Crippen molar-refractivity contribution in [1.29, 1.82) is 0 Å². The van der Waals surface area contributed by atoms with Crippen molar-refractivity contribution in [2.75, 3.05) is 4.90 Å². The molecule has 0 saturated heterocycles. The highest BCUT2D eigenvalue weighted by Gasteiger charge is 2.22. The molecule has 9 rings (SSSR count). The minimum atomic E-state index is 0.879. The van der Waals surface area contributed by atoms with Gasteiger partial charge >= 0.3 is 0 Å². The normalized spacial score (nSPS) is 11.6. The van der Waals surface area contributed by atoms with Crippen LogP contribution in [0.2, 0.25) is 0 Å². The molecule has 45 heavy (non-hydrogen) atoms. The number of hydrogen-bond donors (Lipinski definition) is 0. The molecule has 0 aliphatic carbocycles. The highest BCUT2D eigenvalue weighted by molar-refractivity contribution is 6.17. The predicted octanol–water partition coefficient (Wildman–Crippen LogP) is 11.8. The van der Waals surface area contributed by atoms with Gasteiger partial charge in [-0.25, -0.2) is 0 Å². The number of nitrogens with zero attached hydrogens (tertiary/aromatic N) is 2. The molecule has 9 aromatic rings. The molecule has 0 unspecified atom stereocenters. The first-order chi connectivity index (χ1) is 22.3. The zero-order valence-corrected chi connectivity index (χ0v) is 24.5. The first kappa shape index (κ1) is 25.4. The summed E-state index contributed by atoms with van der Waals surface area (Å²) in [4.78, 5) is 2.32. The van der Waals surface area contributed by atoms with Gasteiger partial charge in [-0.3, -0.25) is 0 Å². The zero-order chi connectivity index (χ0) is 29.7. The molecule has 0 aliphatic heterocycles. The van der Waals surface area contributed by atoms with Crippen molar-refractivity contribution >= 4 is 60.8 Å². The molecule has 0 atom stereocenters. The lowest BCUT2D eigenvalue weighted by Gasteiger charge is -2.26. The summed E-state index contributed by atoms with van der Waals surface area (Å²) in [7, 11) is 0. The second-order valence-corrected chi connectivity index (χ2v) is 11.4. The van der Waals surface area contributed by atoms with Crippen LogP contribution in [0.4, 0.5) is 17.1 Å². The molecule has 3 heteroatoms. The fourth-order valence-corrected chi connectivity index (χ4v) is 6.80. The van der Waals surface area contributed by atoms with Gasteiger partial charge in [0.25, 0.3) is 0 Å². The summed E-state index contributed by atoms with van der Waals surface area (Å²) in [6.45, 7) is 0. The summed E-state index contributed by atoms with van der Waals surface area (Å²) in [6, 6.07) is 60.0. The highest BCUT2D eigenvalue weighted by atomic mass is 16.3. The number of anilines is 3. The van der Waals surface area contributed by atoms with Crippen LogP contribution in [0.5, 0.6) is 0 Å². The van der Waals surface area contributed by atoms with Crippen molar-refractivity contribution in [3.8, 4) is 16.8 Å². The smallest absolute Gasteiger partial charge is 0.145 e. The van der Waals surface area contributed by atoms with Crippen molar-refractivity contribution in [2.24, 2.45) is 0 Å². The fourth-order valence-electron chi connectivity index (χ4n) is 6.80. The van der Waals surface area contributed by atoms with Crippen LogP contribution < -0.4 is 4.90 Å². The van der Waals surface area contributed by atoms with Crippen LogP contribution in [0.1, 0.15) is 0 Å².